The minimum Gasteiger partial charge on any atom is -0.369 e. The smallest absolute Gasteiger partial charge is 0.369 e. The second kappa shape index (κ2) is 10.9. The third-order valence-electron chi connectivity index (χ3n) is 5.76. The highest BCUT2D eigenvalue weighted by molar-refractivity contribution is 7.92. The molecule has 0 aliphatic heterocycles. The Morgan fingerprint density at radius 2 is 1.34 bits per heavy atom. The van der Waals surface area contributed by atoms with E-state index in [2.05, 4.69) is 5.32 Å². The molecule has 0 radical (unpaired) electrons. The number of alkyl halides is 9. The van der Waals surface area contributed by atoms with Crippen LogP contribution in [0.25, 0.3) is 0 Å². The standard InChI is InChI=1S/C25H19F9N2O4S/c1-15-5-11-20(12-6-15)41(39,40)36(19-4-2-3-17(13-19)23(26,27)28)14-21(37)35-18-9-7-16(8-10-18)22(38,24(29,30)31)25(32,33)34/h2-13,38H,14H2,1H3,(H,35,37). The molecule has 1 amide bonds. The molecule has 3 aromatic rings. The molecule has 3 aromatic carbocycles. The van der Waals surface area contributed by atoms with Gasteiger partial charge in [-0.1, -0.05) is 35.9 Å². The molecule has 2 N–H and O–H groups in total. The summed E-state index contributed by atoms with van der Waals surface area (Å²) < 4.78 is 146. The molecule has 0 aliphatic rings. The fourth-order valence-electron chi connectivity index (χ4n) is 3.60. The van der Waals surface area contributed by atoms with Gasteiger partial charge in [-0.2, -0.15) is 39.5 Å². The van der Waals surface area contributed by atoms with Crippen LogP contribution in [0.5, 0.6) is 0 Å². The summed E-state index contributed by atoms with van der Waals surface area (Å²) in [4.78, 5) is 12.4. The molecule has 0 aromatic heterocycles. The van der Waals surface area contributed by atoms with Crippen molar-refractivity contribution in [2.45, 2.75) is 35.9 Å². The van der Waals surface area contributed by atoms with Gasteiger partial charge in [-0.05, 0) is 49.4 Å². The zero-order chi connectivity index (χ0) is 31.0. The van der Waals surface area contributed by atoms with Crippen LogP contribution in [0.2, 0.25) is 0 Å². The van der Waals surface area contributed by atoms with Crippen LogP contribution in [0.4, 0.5) is 50.9 Å². The Kier molecular flexibility index (Phi) is 8.43. The molecule has 0 saturated carbocycles. The summed E-state index contributed by atoms with van der Waals surface area (Å²) in [6.07, 6.45) is -17.2. The van der Waals surface area contributed by atoms with Gasteiger partial charge in [0.05, 0.1) is 16.1 Å². The average molecular weight is 614 g/mol. The van der Waals surface area contributed by atoms with Crippen molar-refractivity contribution < 1.29 is 57.8 Å². The molecule has 0 fully saturated rings. The second-order valence-electron chi connectivity index (χ2n) is 8.70. The van der Waals surface area contributed by atoms with Crippen LogP contribution in [0.1, 0.15) is 16.7 Å². The van der Waals surface area contributed by atoms with E-state index in [0.29, 0.717) is 34.1 Å². The summed E-state index contributed by atoms with van der Waals surface area (Å²) in [5, 5.41) is 11.5. The van der Waals surface area contributed by atoms with Crippen molar-refractivity contribution >= 4 is 27.3 Å². The van der Waals surface area contributed by atoms with Gasteiger partial charge in [-0.3, -0.25) is 9.10 Å². The zero-order valence-electron chi connectivity index (χ0n) is 20.6. The lowest BCUT2D eigenvalue weighted by molar-refractivity contribution is -0.376. The van der Waals surface area contributed by atoms with Gasteiger partial charge < -0.3 is 10.4 Å². The number of aliphatic hydroxyl groups is 1. The lowest BCUT2D eigenvalue weighted by Gasteiger charge is -2.32. The Balaban J connectivity index is 1.96. The highest BCUT2D eigenvalue weighted by Crippen LogP contribution is 2.50. The van der Waals surface area contributed by atoms with E-state index in [1.807, 2.05) is 0 Å². The Morgan fingerprint density at radius 3 is 1.83 bits per heavy atom. The normalized spacial score (nSPS) is 13.1. The van der Waals surface area contributed by atoms with E-state index in [4.69, 9.17) is 0 Å². The van der Waals surface area contributed by atoms with Gasteiger partial charge in [0.25, 0.3) is 15.6 Å². The van der Waals surface area contributed by atoms with Crippen LogP contribution in [0, 0.1) is 6.92 Å². The predicted octanol–water partition coefficient (Wildman–Crippen LogP) is 6.16. The predicted molar refractivity (Wildman–Crippen MR) is 128 cm³/mol. The zero-order valence-corrected chi connectivity index (χ0v) is 21.4. The molecule has 6 nitrogen and oxygen atoms in total. The van der Waals surface area contributed by atoms with Crippen molar-refractivity contribution in [3.8, 4) is 0 Å². The first-order valence-corrected chi connectivity index (χ1v) is 12.6. The highest BCUT2D eigenvalue weighted by Gasteiger charge is 2.71. The Labute approximate surface area is 227 Å². The lowest BCUT2D eigenvalue weighted by Crippen LogP contribution is -2.53. The minimum atomic E-state index is -6.15. The van der Waals surface area contributed by atoms with Crippen LogP contribution in [0.15, 0.2) is 77.7 Å². The minimum absolute atomic E-state index is 0.254. The number of sulfonamides is 1. The number of hydrogen-bond acceptors (Lipinski definition) is 4. The van der Waals surface area contributed by atoms with Gasteiger partial charge in [0.15, 0.2) is 0 Å². The molecule has 3 rings (SSSR count). The van der Waals surface area contributed by atoms with Gasteiger partial charge in [-0.15, -0.1) is 0 Å². The Morgan fingerprint density at radius 1 is 0.805 bits per heavy atom. The van der Waals surface area contributed by atoms with Crippen LogP contribution in [-0.4, -0.2) is 38.3 Å². The number of anilines is 2. The maximum absolute atomic E-state index is 13.4. The third kappa shape index (κ3) is 6.59. The molecule has 0 aliphatic carbocycles. The number of nitrogens with zero attached hydrogens (tertiary/aromatic N) is 1. The number of benzene rings is 3. The quantitative estimate of drug-likeness (QED) is 0.312. The van der Waals surface area contributed by atoms with Gasteiger partial charge in [0.2, 0.25) is 5.91 Å². The molecule has 16 heteroatoms. The van der Waals surface area contributed by atoms with Crippen molar-refractivity contribution in [1.29, 1.82) is 0 Å². The number of halogens is 9. The van der Waals surface area contributed by atoms with Crippen molar-refractivity contribution in [2.24, 2.45) is 0 Å². The van der Waals surface area contributed by atoms with Gasteiger partial charge in [0.1, 0.15) is 6.54 Å². The Hall–Kier alpha value is -3.79. The maximum Gasteiger partial charge on any atom is 0.430 e. The van der Waals surface area contributed by atoms with E-state index in [-0.39, 0.29) is 17.0 Å². The SMILES string of the molecule is Cc1ccc(S(=O)(=O)N(CC(=O)Nc2ccc(C(O)(C(F)(F)F)C(F)(F)F)cc2)c2cccc(C(F)(F)F)c2)cc1. The van der Waals surface area contributed by atoms with Crippen molar-refractivity contribution in [3.63, 3.8) is 0 Å². The van der Waals surface area contributed by atoms with E-state index >= 15 is 0 Å². The summed E-state index contributed by atoms with van der Waals surface area (Å²) in [6.45, 7) is 0.512. The van der Waals surface area contributed by atoms with Crippen LogP contribution >= 0.6 is 0 Å². The molecule has 0 unspecified atom stereocenters. The van der Waals surface area contributed by atoms with E-state index in [0.717, 1.165) is 24.3 Å². The van der Waals surface area contributed by atoms with E-state index in [1.54, 1.807) is 6.92 Å². The van der Waals surface area contributed by atoms with Gasteiger partial charge >= 0.3 is 18.5 Å². The molecular formula is C25H19F9N2O4S. The largest absolute Gasteiger partial charge is 0.430 e. The van der Waals surface area contributed by atoms with E-state index in [9.17, 15) is 57.8 Å². The first-order valence-electron chi connectivity index (χ1n) is 11.2. The number of carbonyl (C=O) groups excluding carboxylic acids is 1. The number of nitrogens with one attached hydrogen (secondary N) is 1. The lowest BCUT2D eigenvalue weighted by atomic mass is 9.92. The van der Waals surface area contributed by atoms with Crippen molar-refractivity contribution in [2.75, 3.05) is 16.2 Å². The topological polar surface area (TPSA) is 86.7 Å². The molecule has 0 saturated heterocycles. The first-order chi connectivity index (χ1) is 18.7. The summed E-state index contributed by atoms with van der Waals surface area (Å²) >= 11 is 0. The number of hydrogen-bond donors (Lipinski definition) is 2. The Bertz CT molecular complexity index is 1490. The van der Waals surface area contributed by atoms with E-state index in [1.165, 1.54) is 12.1 Å². The van der Waals surface area contributed by atoms with Gasteiger partial charge in [0, 0.05) is 11.3 Å². The molecule has 0 heterocycles. The fourth-order valence-corrected chi connectivity index (χ4v) is 5.02. The number of rotatable bonds is 7. The van der Waals surface area contributed by atoms with Crippen molar-refractivity contribution in [3.05, 3.63) is 89.5 Å². The molecule has 41 heavy (non-hydrogen) atoms. The monoisotopic (exact) mass is 614 g/mol. The molecule has 0 bridgehead atoms. The fraction of sp³-hybridized carbons (Fsp3) is 0.240. The highest BCUT2D eigenvalue weighted by atomic mass is 32.2. The summed E-state index contributed by atoms with van der Waals surface area (Å²) in [5.41, 5.74) is -8.35. The van der Waals surface area contributed by atoms with Crippen molar-refractivity contribution in [1.82, 2.24) is 0 Å². The summed E-state index contributed by atoms with van der Waals surface area (Å²) in [6, 6.07) is 9.89. The second-order valence-corrected chi connectivity index (χ2v) is 10.6. The van der Waals surface area contributed by atoms with Crippen LogP contribution in [-0.2, 0) is 26.6 Å². The molecule has 222 valence electrons. The molecular weight excluding hydrogens is 595 g/mol. The average Bonchev–Trinajstić information content (AvgIpc) is 2.85. The number of carbonyl (C=O) groups is 1. The first kappa shape index (κ1) is 31.7. The summed E-state index contributed by atoms with van der Waals surface area (Å²) in [7, 11) is -4.66. The maximum atomic E-state index is 13.4. The van der Waals surface area contributed by atoms with E-state index < -0.39 is 69.1 Å². The molecule has 0 spiro atoms. The summed E-state index contributed by atoms with van der Waals surface area (Å²) in [5.74, 6) is -1.20. The van der Waals surface area contributed by atoms with Gasteiger partial charge in [-0.25, -0.2) is 8.42 Å². The molecule has 0 atom stereocenters. The third-order valence-corrected chi connectivity index (χ3v) is 7.55. The van der Waals surface area contributed by atoms with Crippen LogP contribution in [0.3, 0.4) is 0 Å². The van der Waals surface area contributed by atoms with Crippen LogP contribution < -0.4 is 9.62 Å². The number of amides is 1. The number of aryl methyl sites for hydroxylation is 1.